The summed E-state index contributed by atoms with van der Waals surface area (Å²) in [5.41, 5.74) is 0.993. The van der Waals surface area contributed by atoms with Crippen molar-refractivity contribution < 1.29 is 13.9 Å². The van der Waals surface area contributed by atoms with Gasteiger partial charge >= 0.3 is 0 Å². The molecule has 1 fully saturated rings. The maximum atomic E-state index is 15.4. The number of nitrogens with zero attached hydrogens (tertiary/aromatic N) is 6. The Morgan fingerprint density at radius 1 is 1.29 bits per heavy atom. The maximum absolute atomic E-state index is 15.4. The number of hydrogen-bond acceptors (Lipinski definition) is 7. The third kappa shape index (κ3) is 3.80. The van der Waals surface area contributed by atoms with Crippen molar-refractivity contribution in [2.24, 2.45) is 5.41 Å². The minimum atomic E-state index is -0.606. The zero-order valence-corrected chi connectivity index (χ0v) is 19.7. The van der Waals surface area contributed by atoms with E-state index in [4.69, 9.17) is 4.74 Å². The highest BCUT2D eigenvalue weighted by Crippen LogP contribution is 2.38. The first-order valence-electron chi connectivity index (χ1n) is 11.4. The van der Waals surface area contributed by atoms with Gasteiger partial charge in [0, 0.05) is 19.3 Å². The summed E-state index contributed by atoms with van der Waals surface area (Å²) in [7, 11) is 2.96. The minimum Gasteiger partial charge on any atom is -0.479 e. The zero-order chi connectivity index (χ0) is 24.7. The summed E-state index contributed by atoms with van der Waals surface area (Å²) in [5.74, 6) is -0.549. The lowest BCUT2D eigenvalue weighted by molar-refractivity contribution is 0.0965. The second-order valence-corrected chi connectivity index (χ2v) is 9.01. The van der Waals surface area contributed by atoms with Gasteiger partial charge in [0.15, 0.2) is 5.82 Å². The molecule has 11 heteroatoms. The first kappa shape index (κ1) is 22.6. The van der Waals surface area contributed by atoms with Crippen LogP contribution < -0.4 is 15.4 Å². The number of carbonyl (C=O) groups excluding carboxylic acids is 1. The van der Waals surface area contributed by atoms with E-state index in [2.05, 4.69) is 31.9 Å². The van der Waals surface area contributed by atoms with E-state index in [0.29, 0.717) is 11.5 Å². The Kier molecular flexibility index (Phi) is 5.51. The van der Waals surface area contributed by atoms with Gasteiger partial charge in [-0.05, 0) is 44.7 Å². The molecule has 35 heavy (non-hydrogen) atoms. The van der Waals surface area contributed by atoms with E-state index in [-0.39, 0.29) is 45.6 Å². The van der Waals surface area contributed by atoms with E-state index in [1.54, 1.807) is 24.4 Å². The number of pyridine rings is 1. The molecule has 2 N–H and O–H groups in total. The molecule has 0 spiro atoms. The first-order chi connectivity index (χ1) is 16.9. The molecule has 1 aliphatic rings. The molecular formula is C24H25FN8O2. The topological polar surface area (TPSA) is 122 Å². The van der Waals surface area contributed by atoms with Crippen LogP contribution in [0.25, 0.3) is 22.3 Å². The molecule has 0 radical (unpaired) electrons. The van der Waals surface area contributed by atoms with Crippen molar-refractivity contribution >= 4 is 22.9 Å². The molecule has 4 heterocycles. The smallest absolute Gasteiger partial charge is 0.255 e. The lowest BCUT2D eigenvalue weighted by atomic mass is 9.75. The van der Waals surface area contributed by atoms with Gasteiger partial charge in [-0.2, -0.15) is 15.3 Å². The fourth-order valence-corrected chi connectivity index (χ4v) is 4.67. The third-order valence-corrected chi connectivity index (χ3v) is 6.67. The monoisotopic (exact) mass is 476 g/mol. The van der Waals surface area contributed by atoms with Crippen LogP contribution in [0.5, 0.6) is 5.88 Å². The molecule has 0 bridgehead atoms. The molecule has 0 aliphatic heterocycles. The minimum absolute atomic E-state index is 0.0816. The third-order valence-electron chi connectivity index (χ3n) is 6.67. The molecule has 1 saturated carbocycles. The summed E-state index contributed by atoms with van der Waals surface area (Å²) in [6, 6.07) is 7.80. The quantitative estimate of drug-likeness (QED) is 0.452. The summed E-state index contributed by atoms with van der Waals surface area (Å²) in [5, 5.41) is 24.2. The Morgan fingerprint density at radius 3 is 2.74 bits per heavy atom. The van der Waals surface area contributed by atoms with E-state index in [1.165, 1.54) is 29.4 Å². The van der Waals surface area contributed by atoms with Crippen LogP contribution in [0.4, 0.5) is 10.3 Å². The van der Waals surface area contributed by atoms with Gasteiger partial charge in [0.25, 0.3) is 5.91 Å². The van der Waals surface area contributed by atoms with Crippen molar-refractivity contribution in [1.82, 2.24) is 29.5 Å². The zero-order valence-electron chi connectivity index (χ0n) is 19.7. The van der Waals surface area contributed by atoms with Gasteiger partial charge in [-0.25, -0.2) is 13.4 Å². The van der Waals surface area contributed by atoms with E-state index in [1.807, 2.05) is 6.92 Å². The van der Waals surface area contributed by atoms with E-state index in [9.17, 15) is 10.1 Å². The maximum Gasteiger partial charge on any atom is 0.255 e. The molecule has 0 atom stereocenters. The Bertz CT molecular complexity index is 1480. The summed E-state index contributed by atoms with van der Waals surface area (Å²) in [6.45, 7) is 1.98. The van der Waals surface area contributed by atoms with Gasteiger partial charge in [-0.15, -0.1) is 5.10 Å². The van der Waals surface area contributed by atoms with Crippen molar-refractivity contribution in [1.29, 1.82) is 5.26 Å². The molecule has 1 amide bonds. The molecule has 1 aliphatic carbocycles. The van der Waals surface area contributed by atoms with Gasteiger partial charge in [0.1, 0.15) is 11.2 Å². The molecule has 0 unspecified atom stereocenters. The van der Waals surface area contributed by atoms with Crippen LogP contribution in [0.2, 0.25) is 0 Å². The van der Waals surface area contributed by atoms with E-state index >= 15 is 4.39 Å². The fourth-order valence-electron chi connectivity index (χ4n) is 4.67. The fraction of sp³-hybridized carbons (Fsp3) is 0.375. The molecule has 4 aromatic heterocycles. The first-order valence-corrected chi connectivity index (χ1v) is 11.4. The Labute approximate surface area is 200 Å². The van der Waals surface area contributed by atoms with Crippen LogP contribution in [-0.2, 0) is 0 Å². The van der Waals surface area contributed by atoms with Gasteiger partial charge in [-0.3, -0.25) is 4.79 Å². The van der Waals surface area contributed by atoms with Crippen molar-refractivity contribution in [3.63, 3.8) is 0 Å². The predicted molar refractivity (Wildman–Crippen MR) is 127 cm³/mol. The highest BCUT2D eigenvalue weighted by molar-refractivity contribution is 6.08. The normalized spacial score (nSPS) is 20.0. The van der Waals surface area contributed by atoms with Crippen LogP contribution in [0.1, 0.15) is 43.0 Å². The molecule has 0 aromatic carbocycles. The number of nitriles is 1. The Balaban J connectivity index is 1.59. The van der Waals surface area contributed by atoms with Crippen molar-refractivity contribution in [3.05, 3.63) is 42.0 Å². The van der Waals surface area contributed by atoms with Crippen molar-refractivity contribution in [2.75, 3.05) is 19.5 Å². The number of aromatic nitrogens is 5. The number of fused-ring (bicyclic) bond motifs is 2. The summed E-state index contributed by atoms with van der Waals surface area (Å²) < 4.78 is 23.8. The number of anilines is 1. The second kappa shape index (κ2) is 8.54. The molecule has 10 nitrogen and oxygen atoms in total. The van der Waals surface area contributed by atoms with E-state index < -0.39 is 5.82 Å². The molecule has 4 aromatic rings. The number of ether oxygens (including phenoxy) is 1. The molecule has 5 rings (SSSR count). The summed E-state index contributed by atoms with van der Waals surface area (Å²) >= 11 is 0. The van der Waals surface area contributed by atoms with Crippen LogP contribution in [0.15, 0.2) is 30.6 Å². The second-order valence-electron chi connectivity index (χ2n) is 9.01. The number of carbonyl (C=O) groups is 1. The standard InChI is InChI=1S/C24H25FN8O2/c1-24(13-26)9-7-14(8-10-24)28-23-29-22(35-3)20-17(15(25)12-33(20)31-23)19-18(21(34)27-2)16-6-4-5-11-32(16)30-19/h4-6,11-12,14H,7-10H2,1-3H3,(H,27,34)(H,28,31). The predicted octanol–water partition coefficient (Wildman–Crippen LogP) is 3.44. The lowest BCUT2D eigenvalue weighted by Crippen LogP contribution is -2.31. The van der Waals surface area contributed by atoms with Gasteiger partial charge in [0.2, 0.25) is 11.8 Å². The largest absolute Gasteiger partial charge is 0.479 e. The molecule has 0 saturated heterocycles. The Hall–Kier alpha value is -4.20. The number of nitrogens with one attached hydrogen (secondary N) is 2. The number of rotatable bonds is 5. The highest BCUT2D eigenvalue weighted by atomic mass is 19.1. The summed E-state index contributed by atoms with van der Waals surface area (Å²) in [4.78, 5) is 17.2. The van der Waals surface area contributed by atoms with Crippen LogP contribution >= 0.6 is 0 Å². The average Bonchev–Trinajstić information content (AvgIpc) is 3.41. The molecular weight excluding hydrogens is 451 g/mol. The average molecular weight is 477 g/mol. The molecule has 180 valence electrons. The van der Waals surface area contributed by atoms with E-state index in [0.717, 1.165) is 25.7 Å². The van der Waals surface area contributed by atoms with Crippen LogP contribution in [0.3, 0.4) is 0 Å². The lowest BCUT2D eigenvalue weighted by Gasteiger charge is -2.32. The number of amides is 1. The van der Waals surface area contributed by atoms with Crippen LogP contribution in [-0.4, -0.2) is 50.3 Å². The Morgan fingerprint density at radius 2 is 2.06 bits per heavy atom. The number of methoxy groups -OCH3 is 1. The highest BCUT2D eigenvalue weighted by Gasteiger charge is 2.32. The van der Waals surface area contributed by atoms with Gasteiger partial charge in [-0.1, -0.05) is 6.07 Å². The van der Waals surface area contributed by atoms with Gasteiger partial charge < -0.3 is 15.4 Å². The summed E-state index contributed by atoms with van der Waals surface area (Å²) in [6.07, 6.45) is 6.08. The van der Waals surface area contributed by atoms with Crippen molar-refractivity contribution in [3.8, 4) is 23.2 Å². The van der Waals surface area contributed by atoms with Crippen molar-refractivity contribution in [2.45, 2.75) is 38.6 Å². The number of hydrogen-bond donors (Lipinski definition) is 2. The SMILES string of the molecule is CNC(=O)c1c(-c2c(F)cn3nc(NC4CCC(C)(C#N)CC4)nc(OC)c23)nn2ccccc12. The van der Waals surface area contributed by atoms with Crippen LogP contribution in [0, 0.1) is 22.6 Å². The van der Waals surface area contributed by atoms with Gasteiger partial charge in [0.05, 0.1) is 41.4 Å². The number of halogens is 1.